The van der Waals surface area contributed by atoms with Crippen LogP contribution < -0.4 is 0 Å². The van der Waals surface area contributed by atoms with Crippen molar-refractivity contribution in [2.75, 3.05) is 0 Å². The third kappa shape index (κ3) is 3.10. The van der Waals surface area contributed by atoms with Crippen LogP contribution in [0.25, 0.3) is 10.9 Å². The predicted molar refractivity (Wildman–Crippen MR) is 91.7 cm³/mol. The highest BCUT2D eigenvalue weighted by atomic mass is 79.9. The number of aromatic nitrogens is 1. The average molecular weight is 390 g/mol. The molecule has 6 heteroatoms. The second-order valence-corrected chi connectivity index (χ2v) is 6.35. The molecule has 0 aliphatic carbocycles. The number of aromatic amines is 1. The molecule has 24 heavy (non-hydrogen) atoms. The van der Waals surface area contributed by atoms with Gasteiger partial charge in [0.25, 0.3) is 0 Å². The van der Waals surface area contributed by atoms with Crippen LogP contribution in [0.3, 0.4) is 0 Å². The molecule has 2 aromatic carbocycles. The van der Waals surface area contributed by atoms with Crippen molar-refractivity contribution in [2.24, 2.45) is 0 Å². The lowest BCUT2D eigenvalue weighted by Crippen LogP contribution is -2.17. The Morgan fingerprint density at radius 1 is 1.21 bits per heavy atom. The first-order chi connectivity index (χ1) is 11.5. The van der Waals surface area contributed by atoms with Crippen LogP contribution >= 0.6 is 15.9 Å². The van der Waals surface area contributed by atoms with Crippen molar-refractivity contribution in [2.45, 2.75) is 12.3 Å². The van der Waals surface area contributed by atoms with E-state index in [1.54, 1.807) is 24.4 Å². The Labute approximate surface area is 145 Å². The van der Waals surface area contributed by atoms with Gasteiger partial charge in [0.1, 0.15) is 5.82 Å². The maximum Gasteiger partial charge on any atom is 0.311 e. The predicted octanol–water partition coefficient (Wildman–Crippen LogP) is 4.51. The molecular formula is C18H13BrFNO3. The van der Waals surface area contributed by atoms with Crippen molar-refractivity contribution in [3.63, 3.8) is 0 Å². The van der Waals surface area contributed by atoms with Crippen LogP contribution in [-0.4, -0.2) is 21.8 Å². The second-order valence-electron chi connectivity index (χ2n) is 5.43. The minimum atomic E-state index is -1.12. The normalized spacial score (nSPS) is 12.2. The Balaban J connectivity index is 1.95. The molecule has 3 rings (SSSR count). The SMILES string of the molecule is O=C(CC(C(=O)O)c1c[nH]c2ccccc12)c1ccc(Br)cc1F. The first kappa shape index (κ1) is 16.4. The summed E-state index contributed by atoms with van der Waals surface area (Å²) in [7, 11) is 0. The topological polar surface area (TPSA) is 70.2 Å². The van der Waals surface area contributed by atoms with Crippen LogP contribution in [0.5, 0.6) is 0 Å². The van der Waals surface area contributed by atoms with Crippen LogP contribution in [-0.2, 0) is 4.79 Å². The number of halogens is 2. The molecule has 0 aliphatic heterocycles. The van der Waals surface area contributed by atoms with E-state index in [9.17, 15) is 19.1 Å². The number of carbonyl (C=O) groups is 2. The zero-order chi connectivity index (χ0) is 17.3. The number of carbonyl (C=O) groups excluding carboxylic acids is 1. The molecule has 0 saturated heterocycles. The van der Waals surface area contributed by atoms with Gasteiger partial charge in [0.05, 0.1) is 11.5 Å². The van der Waals surface area contributed by atoms with E-state index in [1.807, 2.05) is 12.1 Å². The fourth-order valence-electron chi connectivity index (χ4n) is 2.72. The number of nitrogens with one attached hydrogen (secondary N) is 1. The number of hydrogen-bond donors (Lipinski definition) is 2. The molecule has 0 bridgehead atoms. The number of carboxylic acids is 1. The Bertz CT molecular complexity index is 935. The third-order valence-corrected chi connectivity index (χ3v) is 4.41. The number of benzene rings is 2. The number of hydrogen-bond acceptors (Lipinski definition) is 2. The van der Waals surface area contributed by atoms with Crippen molar-refractivity contribution in [1.82, 2.24) is 4.98 Å². The zero-order valence-electron chi connectivity index (χ0n) is 12.4. The van der Waals surface area contributed by atoms with Crippen molar-refractivity contribution in [3.05, 3.63) is 70.1 Å². The molecule has 3 aromatic rings. The number of Topliss-reactive ketones (excluding diaryl/α,β-unsaturated/α-hetero) is 1. The fourth-order valence-corrected chi connectivity index (χ4v) is 3.06. The van der Waals surface area contributed by atoms with Crippen LogP contribution in [0.2, 0.25) is 0 Å². The molecule has 1 atom stereocenters. The maximum atomic E-state index is 13.9. The summed E-state index contributed by atoms with van der Waals surface area (Å²) in [5, 5.41) is 10.3. The van der Waals surface area contributed by atoms with Gasteiger partial charge < -0.3 is 10.1 Å². The highest BCUT2D eigenvalue weighted by molar-refractivity contribution is 9.10. The average Bonchev–Trinajstić information content (AvgIpc) is 2.96. The molecule has 0 fully saturated rings. The van der Waals surface area contributed by atoms with Crippen molar-refractivity contribution >= 4 is 38.6 Å². The van der Waals surface area contributed by atoms with E-state index in [-0.39, 0.29) is 12.0 Å². The molecule has 0 aliphatic rings. The quantitative estimate of drug-likeness (QED) is 0.630. The molecule has 122 valence electrons. The van der Waals surface area contributed by atoms with Gasteiger partial charge in [-0.25, -0.2) is 4.39 Å². The van der Waals surface area contributed by atoms with Gasteiger partial charge in [-0.05, 0) is 29.8 Å². The number of aliphatic carboxylic acids is 1. The Hall–Kier alpha value is -2.47. The number of rotatable bonds is 5. The van der Waals surface area contributed by atoms with Crippen LogP contribution in [0.1, 0.15) is 28.3 Å². The van der Waals surface area contributed by atoms with Gasteiger partial charge in [0.2, 0.25) is 0 Å². The highest BCUT2D eigenvalue weighted by Gasteiger charge is 2.27. The lowest BCUT2D eigenvalue weighted by Gasteiger charge is -2.11. The summed E-state index contributed by atoms with van der Waals surface area (Å²) >= 11 is 3.13. The van der Waals surface area contributed by atoms with E-state index < -0.39 is 23.5 Å². The molecule has 2 N–H and O–H groups in total. The number of ketones is 1. The minimum Gasteiger partial charge on any atom is -0.481 e. The van der Waals surface area contributed by atoms with E-state index in [1.165, 1.54) is 12.1 Å². The van der Waals surface area contributed by atoms with Gasteiger partial charge in [0.15, 0.2) is 5.78 Å². The van der Waals surface area contributed by atoms with Gasteiger partial charge in [-0.1, -0.05) is 34.1 Å². The summed E-state index contributed by atoms with van der Waals surface area (Å²) in [5.74, 6) is -3.38. The van der Waals surface area contributed by atoms with Crippen molar-refractivity contribution in [1.29, 1.82) is 0 Å². The van der Waals surface area contributed by atoms with Crippen LogP contribution in [0.15, 0.2) is 53.1 Å². The number of H-pyrrole nitrogens is 1. The minimum absolute atomic E-state index is 0.107. The number of para-hydroxylation sites is 1. The molecule has 0 amide bonds. The smallest absolute Gasteiger partial charge is 0.311 e. The second kappa shape index (κ2) is 6.57. The molecule has 0 radical (unpaired) electrons. The first-order valence-corrected chi connectivity index (χ1v) is 8.03. The first-order valence-electron chi connectivity index (χ1n) is 7.24. The number of fused-ring (bicyclic) bond motifs is 1. The molecule has 0 spiro atoms. The largest absolute Gasteiger partial charge is 0.481 e. The zero-order valence-corrected chi connectivity index (χ0v) is 14.0. The summed E-state index contributed by atoms with van der Waals surface area (Å²) in [5.41, 5.74) is 1.20. The van der Waals surface area contributed by atoms with Gasteiger partial charge in [-0.15, -0.1) is 0 Å². The summed E-state index contributed by atoms with van der Waals surface area (Å²) in [6, 6.07) is 11.4. The van der Waals surface area contributed by atoms with E-state index >= 15 is 0 Å². The molecule has 4 nitrogen and oxygen atoms in total. The monoisotopic (exact) mass is 389 g/mol. The fraction of sp³-hybridized carbons (Fsp3) is 0.111. The van der Waals surface area contributed by atoms with E-state index in [4.69, 9.17) is 0 Å². The number of carboxylic acid groups (broad SMARTS) is 1. The van der Waals surface area contributed by atoms with Gasteiger partial charge in [0, 0.05) is 28.0 Å². The lowest BCUT2D eigenvalue weighted by molar-refractivity contribution is -0.138. The van der Waals surface area contributed by atoms with Crippen LogP contribution in [0, 0.1) is 5.82 Å². The van der Waals surface area contributed by atoms with Crippen molar-refractivity contribution in [3.8, 4) is 0 Å². The lowest BCUT2D eigenvalue weighted by atomic mass is 9.91. The standard InChI is InChI=1S/C18H13BrFNO3/c19-10-5-6-12(15(20)7-10)17(22)8-13(18(23)24)14-9-21-16-4-2-1-3-11(14)16/h1-7,9,13,21H,8H2,(H,23,24). The van der Waals surface area contributed by atoms with Gasteiger partial charge in [-0.2, -0.15) is 0 Å². The molecule has 1 aromatic heterocycles. The maximum absolute atomic E-state index is 13.9. The molecular weight excluding hydrogens is 377 g/mol. The van der Waals surface area contributed by atoms with E-state index in [0.717, 1.165) is 10.9 Å². The molecule has 0 saturated carbocycles. The molecule has 1 unspecified atom stereocenters. The third-order valence-electron chi connectivity index (χ3n) is 3.92. The van der Waals surface area contributed by atoms with Gasteiger partial charge >= 0.3 is 5.97 Å². The van der Waals surface area contributed by atoms with E-state index in [2.05, 4.69) is 20.9 Å². The Morgan fingerprint density at radius 2 is 1.96 bits per heavy atom. The summed E-state index contributed by atoms with van der Waals surface area (Å²) in [4.78, 5) is 27.1. The summed E-state index contributed by atoms with van der Waals surface area (Å²) < 4.78 is 14.5. The van der Waals surface area contributed by atoms with Crippen molar-refractivity contribution < 1.29 is 19.1 Å². The molecule has 1 heterocycles. The Morgan fingerprint density at radius 3 is 2.67 bits per heavy atom. The summed E-state index contributed by atoms with van der Waals surface area (Å²) in [6.07, 6.45) is 1.28. The van der Waals surface area contributed by atoms with Gasteiger partial charge in [-0.3, -0.25) is 9.59 Å². The summed E-state index contributed by atoms with van der Waals surface area (Å²) in [6.45, 7) is 0. The Kier molecular flexibility index (Phi) is 4.49. The van der Waals surface area contributed by atoms with Crippen LogP contribution in [0.4, 0.5) is 4.39 Å². The highest BCUT2D eigenvalue weighted by Crippen LogP contribution is 2.30. The van der Waals surface area contributed by atoms with E-state index in [0.29, 0.717) is 10.0 Å².